The van der Waals surface area contributed by atoms with E-state index in [1.165, 1.54) is 0 Å². The predicted octanol–water partition coefficient (Wildman–Crippen LogP) is 0.292. The molecule has 1 aromatic heterocycles. The molecule has 1 unspecified atom stereocenters. The Bertz CT molecular complexity index is 744. The second-order valence-electron chi connectivity index (χ2n) is 6.35. The number of fused-ring (bicyclic) bond motifs is 1. The Morgan fingerprint density at radius 2 is 2.08 bits per heavy atom. The number of aliphatic hydroxyl groups is 2. The van der Waals surface area contributed by atoms with Gasteiger partial charge in [0.2, 0.25) is 5.91 Å². The van der Waals surface area contributed by atoms with E-state index in [1.807, 2.05) is 10.7 Å². The van der Waals surface area contributed by atoms with Crippen LogP contribution in [-0.2, 0) is 13.1 Å². The Balaban J connectivity index is 1.43. The zero-order chi connectivity index (χ0) is 18.5. The van der Waals surface area contributed by atoms with Gasteiger partial charge in [0.15, 0.2) is 0 Å². The summed E-state index contributed by atoms with van der Waals surface area (Å²) in [6, 6.07) is 8.65. The van der Waals surface area contributed by atoms with E-state index < -0.39 is 12.0 Å². The number of rotatable bonds is 8. The highest BCUT2D eigenvalue weighted by Gasteiger charge is 2.20. The number of nitrogens with two attached hydrogens (primary N) is 1. The van der Waals surface area contributed by atoms with Gasteiger partial charge >= 0.3 is 0 Å². The van der Waals surface area contributed by atoms with Crippen molar-refractivity contribution in [2.24, 2.45) is 5.73 Å². The Hall–Kier alpha value is -2.42. The first-order valence-electron chi connectivity index (χ1n) is 8.67. The summed E-state index contributed by atoms with van der Waals surface area (Å²) in [6.07, 6.45) is -0.0476. The first-order valence-corrected chi connectivity index (χ1v) is 8.67. The lowest BCUT2D eigenvalue weighted by Crippen LogP contribution is -2.35. The maximum absolute atomic E-state index is 11.0. The summed E-state index contributed by atoms with van der Waals surface area (Å²) in [5.41, 5.74) is 7.24. The molecule has 2 aromatic rings. The van der Waals surface area contributed by atoms with Crippen LogP contribution in [0.3, 0.4) is 0 Å². The highest BCUT2D eigenvalue weighted by molar-refractivity contribution is 5.92. The van der Waals surface area contributed by atoms with E-state index >= 15 is 0 Å². The van der Waals surface area contributed by atoms with Gasteiger partial charge in [-0.2, -0.15) is 5.10 Å². The first-order chi connectivity index (χ1) is 12.6. The summed E-state index contributed by atoms with van der Waals surface area (Å²) >= 11 is 0. The van der Waals surface area contributed by atoms with E-state index in [4.69, 9.17) is 15.6 Å². The molecule has 0 saturated carbocycles. The SMILES string of the molecule is NC(=O)c1ccc(OCCCN2CCn3nc(C(O)CO)cc3C2)cc1. The molecule has 26 heavy (non-hydrogen) atoms. The summed E-state index contributed by atoms with van der Waals surface area (Å²) in [5, 5.41) is 23.1. The number of primary amides is 1. The molecule has 8 nitrogen and oxygen atoms in total. The van der Waals surface area contributed by atoms with Crippen LogP contribution >= 0.6 is 0 Å². The fraction of sp³-hybridized carbons (Fsp3) is 0.444. The van der Waals surface area contributed by atoms with Crippen LogP contribution in [0.15, 0.2) is 30.3 Å². The zero-order valence-electron chi connectivity index (χ0n) is 14.5. The molecule has 1 aliphatic rings. The van der Waals surface area contributed by atoms with Gasteiger partial charge < -0.3 is 20.7 Å². The van der Waals surface area contributed by atoms with Crippen molar-refractivity contribution in [3.63, 3.8) is 0 Å². The molecule has 1 aromatic carbocycles. The fourth-order valence-electron chi connectivity index (χ4n) is 2.98. The van der Waals surface area contributed by atoms with Crippen LogP contribution in [0.1, 0.15) is 34.3 Å². The molecule has 0 spiro atoms. The van der Waals surface area contributed by atoms with Gasteiger partial charge in [0.05, 0.1) is 31.1 Å². The number of carbonyl (C=O) groups excluding carboxylic acids is 1. The van der Waals surface area contributed by atoms with Gasteiger partial charge in [-0.05, 0) is 36.8 Å². The van der Waals surface area contributed by atoms with Crippen LogP contribution < -0.4 is 10.5 Å². The second-order valence-corrected chi connectivity index (χ2v) is 6.35. The predicted molar refractivity (Wildman–Crippen MR) is 94.6 cm³/mol. The molecule has 0 saturated heterocycles. The van der Waals surface area contributed by atoms with Gasteiger partial charge in [0.1, 0.15) is 11.9 Å². The number of carbonyl (C=O) groups is 1. The summed E-state index contributed by atoms with van der Waals surface area (Å²) < 4.78 is 7.58. The summed E-state index contributed by atoms with van der Waals surface area (Å²) in [4.78, 5) is 13.3. The lowest BCUT2D eigenvalue weighted by atomic mass is 10.2. The number of benzene rings is 1. The maximum Gasteiger partial charge on any atom is 0.248 e. The van der Waals surface area contributed by atoms with E-state index in [-0.39, 0.29) is 6.61 Å². The Morgan fingerprint density at radius 1 is 1.31 bits per heavy atom. The van der Waals surface area contributed by atoms with Crippen LogP contribution in [0, 0.1) is 0 Å². The van der Waals surface area contributed by atoms with Crippen molar-refractivity contribution in [2.45, 2.75) is 25.6 Å². The lowest BCUT2D eigenvalue weighted by Gasteiger charge is -2.27. The molecular formula is C18H24N4O4. The third-order valence-corrected chi connectivity index (χ3v) is 4.44. The minimum absolute atomic E-state index is 0.322. The molecule has 1 atom stereocenters. The summed E-state index contributed by atoms with van der Waals surface area (Å²) in [7, 11) is 0. The number of aliphatic hydroxyl groups excluding tert-OH is 2. The number of hydrogen-bond donors (Lipinski definition) is 3. The van der Waals surface area contributed by atoms with Crippen LogP contribution in [0.4, 0.5) is 0 Å². The number of nitrogens with zero attached hydrogens (tertiary/aromatic N) is 3. The van der Waals surface area contributed by atoms with Gasteiger partial charge in [0.25, 0.3) is 0 Å². The molecule has 8 heteroatoms. The van der Waals surface area contributed by atoms with Crippen molar-refractivity contribution in [2.75, 3.05) is 26.3 Å². The second kappa shape index (κ2) is 8.31. The molecule has 1 amide bonds. The zero-order valence-corrected chi connectivity index (χ0v) is 14.5. The molecule has 3 rings (SSSR count). The lowest BCUT2D eigenvalue weighted by molar-refractivity contribution is 0.0915. The average molecular weight is 360 g/mol. The highest BCUT2D eigenvalue weighted by atomic mass is 16.5. The molecule has 140 valence electrons. The molecular weight excluding hydrogens is 336 g/mol. The Morgan fingerprint density at radius 3 is 2.77 bits per heavy atom. The van der Waals surface area contributed by atoms with E-state index in [0.717, 1.165) is 38.3 Å². The van der Waals surface area contributed by atoms with Crippen LogP contribution in [0.25, 0.3) is 0 Å². The molecule has 0 aliphatic carbocycles. The topological polar surface area (TPSA) is 114 Å². The van der Waals surface area contributed by atoms with E-state index in [0.29, 0.717) is 23.6 Å². The highest BCUT2D eigenvalue weighted by Crippen LogP contribution is 2.18. The minimum Gasteiger partial charge on any atom is -0.494 e. The van der Waals surface area contributed by atoms with Gasteiger partial charge in [-0.3, -0.25) is 14.4 Å². The van der Waals surface area contributed by atoms with Crippen molar-refractivity contribution in [1.29, 1.82) is 0 Å². The van der Waals surface area contributed by atoms with Gasteiger partial charge in [-0.15, -0.1) is 0 Å². The average Bonchev–Trinajstić information content (AvgIpc) is 3.08. The quantitative estimate of drug-likeness (QED) is 0.583. The van der Waals surface area contributed by atoms with Crippen molar-refractivity contribution in [1.82, 2.24) is 14.7 Å². The van der Waals surface area contributed by atoms with Crippen molar-refractivity contribution >= 4 is 5.91 Å². The largest absolute Gasteiger partial charge is 0.494 e. The third kappa shape index (κ3) is 4.40. The third-order valence-electron chi connectivity index (χ3n) is 4.44. The monoisotopic (exact) mass is 360 g/mol. The van der Waals surface area contributed by atoms with Crippen LogP contribution in [0.5, 0.6) is 5.75 Å². The number of aromatic nitrogens is 2. The van der Waals surface area contributed by atoms with Crippen molar-refractivity contribution in [3.8, 4) is 5.75 Å². The van der Waals surface area contributed by atoms with Crippen molar-refractivity contribution in [3.05, 3.63) is 47.3 Å². The van der Waals surface area contributed by atoms with Gasteiger partial charge in [-0.1, -0.05) is 0 Å². The van der Waals surface area contributed by atoms with Gasteiger partial charge in [0, 0.05) is 25.2 Å². The van der Waals surface area contributed by atoms with Crippen LogP contribution in [-0.4, -0.2) is 57.1 Å². The molecule has 1 aliphatic heterocycles. The van der Waals surface area contributed by atoms with Crippen LogP contribution in [0.2, 0.25) is 0 Å². The van der Waals surface area contributed by atoms with E-state index in [9.17, 15) is 9.90 Å². The number of ether oxygens (including phenoxy) is 1. The summed E-state index contributed by atoms with van der Waals surface area (Å²) in [6.45, 7) is 3.57. The molecule has 0 radical (unpaired) electrons. The number of amides is 1. The molecule has 4 N–H and O–H groups in total. The maximum atomic E-state index is 11.0. The molecule has 0 bridgehead atoms. The Labute approximate surface area is 151 Å². The minimum atomic E-state index is -0.920. The van der Waals surface area contributed by atoms with Gasteiger partial charge in [-0.25, -0.2) is 0 Å². The van der Waals surface area contributed by atoms with E-state index in [1.54, 1.807) is 24.3 Å². The van der Waals surface area contributed by atoms with Crippen molar-refractivity contribution < 1.29 is 19.7 Å². The molecule has 2 heterocycles. The molecule has 0 fully saturated rings. The first kappa shape index (κ1) is 18.4. The fourth-order valence-corrected chi connectivity index (χ4v) is 2.98. The number of hydrogen-bond acceptors (Lipinski definition) is 6. The normalized spacial score (nSPS) is 15.5. The Kier molecular flexibility index (Phi) is 5.87. The standard InChI is InChI=1S/C18H24N4O4/c19-18(25)13-2-4-15(5-3-13)26-9-1-6-21-7-8-22-14(11-21)10-16(20-22)17(24)12-23/h2-5,10,17,23-24H,1,6-9,11-12H2,(H2,19,25). The van der Waals surface area contributed by atoms with E-state index in [2.05, 4.69) is 10.00 Å². The smallest absolute Gasteiger partial charge is 0.248 e. The summed E-state index contributed by atoms with van der Waals surface area (Å²) in [5.74, 6) is 0.268.